The van der Waals surface area contributed by atoms with Crippen LogP contribution in [0.15, 0.2) is 12.1 Å². The highest BCUT2D eigenvalue weighted by molar-refractivity contribution is 6.31. The van der Waals surface area contributed by atoms with Crippen molar-refractivity contribution in [1.29, 1.82) is 0 Å². The van der Waals surface area contributed by atoms with E-state index in [9.17, 15) is 4.79 Å². The van der Waals surface area contributed by atoms with Crippen LogP contribution in [0.25, 0.3) is 0 Å². The number of methoxy groups -OCH3 is 2. The van der Waals surface area contributed by atoms with Crippen LogP contribution in [0.5, 0.6) is 5.75 Å². The van der Waals surface area contributed by atoms with Crippen molar-refractivity contribution in [2.24, 2.45) is 0 Å². The minimum atomic E-state index is -0.450. The third-order valence-corrected chi connectivity index (χ3v) is 3.28. The molecule has 0 amide bonds. The molecule has 5 heteroatoms. The summed E-state index contributed by atoms with van der Waals surface area (Å²) in [6.07, 6.45) is 0.900. The maximum atomic E-state index is 11.7. The maximum Gasteiger partial charge on any atom is 0.341 e. The molecule has 1 saturated heterocycles. The van der Waals surface area contributed by atoms with Crippen LogP contribution >= 0.6 is 11.6 Å². The third kappa shape index (κ3) is 3.64. The van der Waals surface area contributed by atoms with E-state index in [0.29, 0.717) is 29.5 Å². The Morgan fingerprint density at radius 1 is 1.35 bits per heavy atom. The zero-order valence-corrected chi connectivity index (χ0v) is 13.1. The van der Waals surface area contributed by atoms with Gasteiger partial charge in [-0.25, -0.2) is 4.79 Å². The summed E-state index contributed by atoms with van der Waals surface area (Å²) < 4.78 is 15.5. The highest BCUT2D eigenvalue weighted by atomic mass is 35.5. The lowest BCUT2D eigenvalue weighted by atomic mass is 9.95. The Kier molecular flexibility index (Phi) is 6.82. The van der Waals surface area contributed by atoms with Crippen LogP contribution in [0.3, 0.4) is 0 Å². The second kappa shape index (κ2) is 8.12. The third-order valence-electron chi connectivity index (χ3n) is 3.06. The molecule has 1 aromatic rings. The van der Waals surface area contributed by atoms with Gasteiger partial charge in [0.2, 0.25) is 0 Å². The van der Waals surface area contributed by atoms with Gasteiger partial charge in [0.25, 0.3) is 0 Å². The van der Waals surface area contributed by atoms with Crippen molar-refractivity contribution in [1.82, 2.24) is 0 Å². The Balaban J connectivity index is 0.000000956. The second-order valence-electron chi connectivity index (χ2n) is 4.13. The van der Waals surface area contributed by atoms with Crippen molar-refractivity contribution >= 4 is 17.6 Å². The Labute approximate surface area is 125 Å². The number of carbonyl (C=O) groups is 1. The molecule has 0 radical (unpaired) electrons. The first-order chi connectivity index (χ1) is 9.67. The van der Waals surface area contributed by atoms with Crippen LogP contribution in [0.2, 0.25) is 5.02 Å². The molecule has 1 aliphatic heterocycles. The van der Waals surface area contributed by atoms with Crippen molar-refractivity contribution in [3.63, 3.8) is 0 Å². The van der Waals surface area contributed by atoms with Crippen LogP contribution in [0, 0.1) is 0 Å². The van der Waals surface area contributed by atoms with Gasteiger partial charge in [0, 0.05) is 23.1 Å². The van der Waals surface area contributed by atoms with E-state index < -0.39 is 5.97 Å². The first-order valence-corrected chi connectivity index (χ1v) is 7.08. The normalized spacial score (nSPS) is 17.1. The summed E-state index contributed by atoms with van der Waals surface area (Å²) >= 11 is 6.05. The van der Waals surface area contributed by atoms with Gasteiger partial charge in [-0.2, -0.15) is 0 Å². The molecule has 0 N–H and O–H groups in total. The van der Waals surface area contributed by atoms with E-state index in [1.807, 2.05) is 19.9 Å². The van der Waals surface area contributed by atoms with E-state index in [0.717, 1.165) is 12.0 Å². The molecule has 0 saturated carbocycles. The Morgan fingerprint density at radius 2 is 2.05 bits per heavy atom. The topological polar surface area (TPSA) is 44.8 Å². The van der Waals surface area contributed by atoms with E-state index in [1.54, 1.807) is 6.07 Å². The Morgan fingerprint density at radius 3 is 2.55 bits per heavy atom. The molecule has 1 heterocycles. The van der Waals surface area contributed by atoms with Crippen LogP contribution < -0.4 is 4.74 Å². The molecular formula is C15H21ClO4. The maximum absolute atomic E-state index is 11.7. The van der Waals surface area contributed by atoms with Gasteiger partial charge >= 0.3 is 5.97 Å². The number of esters is 1. The van der Waals surface area contributed by atoms with Crippen LogP contribution in [-0.4, -0.2) is 33.4 Å². The Bertz CT molecular complexity index is 453. The number of hydrogen-bond donors (Lipinski definition) is 0. The van der Waals surface area contributed by atoms with Gasteiger partial charge < -0.3 is 14.2 Å². The molecule has 2 rings (SSSR count). The van der Waals surface area contributed by atoms with Gasteiger partial charge in [-0.05, 0) is 18.6 Å². The average Bonchev–Trinajstić information content (AvgIpc) is 3.01. The highest BCUT2D eigenvalue weighted by Crippen LogP contribution is 2.37. The molecule has 1 aliphatic rings. The van der Waals surface area contributed by atoms with E-state index in [2.05, 4.69) is 0 Å². The largest absolute Gasteiger partial charge is 0.496 e. The predicted octanol–water partition coefficient (Wildman–Crippen LogP) is 3.67. The highest BCUT2D eigenvalue weighted by Gasteiger charge is 2.26. The lowest BCUT2D eigenvalue weighted by Gasteiger charge is -2.16. The standard InChI is InChI=1S/C13H15ClO4.C2H6/c1-16-12-10(8-3-4-18-7-8)5-9(14)6-11(12)13(15)17-2;1-2/h5-6,8H,3-4,7H2,1-2H3;1-2H3. The summed E-state index contributed by atoms with van der Waals surface area (Å²) in [5.41, 5.74) is 1.26. The molecule has 1 aromatic carbocycles. The van der Waals surface area contributed by atoms with Gasteiger partial charge in [-0.1, -0.05) is 25.4 Å². The molecule has 4 nitrogen and oxygen atoms in total. The second-order valence-corrected chi connectivity index (χ2v) is 4.56. The quantitative estimate of drug-likeness (QED) is 0.799. The lowest BCUT2D eigenvalue weighted by molar-refractivity contribution is 0.0596. The molecule has 1 fully saturated rings. The number of rotatable bonds is 3. The van der Waals surface area contributed by atoms with Gasteiger partial charge in [0.05, 0.1) is 20.8 Å². The molecule has 0 spiro atoms. The van der Waals surface area contributed by atoms with E-state index in [-0.39, 0.29) is 5.92 Å². The predicted molar refractivity (Wildman–Crippen MR) is 78.9 cm³/mol. The van der Waals surface area contributed by atoms with E-state index in [4.69, 9.17) is 25.8 Å². The SMILES string of the molecule is CC.COC(=O)c1cc(Cl)cc(C2CCOC2)c1OC. The molecule has 1 unspecified atom stereocenters. The van der Waals surface area contributed by atoms with Crippen LogP contribution in [-0.2, 0) is 9.47 Å². The zero-order valence-electron chi connectivity index (χ0n) is 12.4. The fourth-order valence-corrected chi connectivity index (χ4v) is 2.41. The van der Waals surface area contributed by atoms with Crippen molar-refractivity contribution < 1.29 is 19.0 Å². The number of benzene rings is 1. The average molecular weight is 301 g/mol. The first-order valence-electron chi connectivity index (χ1n) is 6.71. The number of hydrogen-bond acceptors (Lipinski definition) is 4. The fraction of sp³-hybridized carbons (Fsp3) is 0.533. The van der Waals surface area contributed by atoms with Gasteiger partial charge in [-0.15, -0.1) is 0 Å². The minimum Gasteiger partial charge on any atom is -0.496 e. The minimum absolute atomic E-state index is 0.210. The number of carbonyl (C=O) groups excluding carboxylic acids is 1. The smallest absolute Gasteiger partial charge is 0.341 e. The monoisotopic (exact) mass is 300 g/mol. The molecule has 1 atom stereocenters. The summed E-state index contributed by atoms with van der Waals surface area (Å²) in [7, 11) is 2.87. The summed E-state index contributed by atoms with van der Waals surface area (Å²) in [5, 5.41) is 0.498. The molecule has 0 aliphatic carbocycles. The first kappa shape index (κ1) is 16.8. The summed E-state index contributed by atoms with van der Waals surface area (Å²) in [6, 6.07) is 3.39. The van der Waals surface area contributed by atoms with Crippen LogP contribution in [0.4, 0.5) is 0 Å². The molecule has 112 valence electrons. The van der Waals surface area contributed by atoms with Crippen LogP contribution in [0.1, 0.15) is 42.1 Å². The van der Waals surface area contributed by atoms with Gasteiger partial charge in [0.1, 0.15) is 11.3 Å². The van der Waals surface area contributed by atoms with Crippen molar-refractivity contribution in [2.75, 3.05) is 27.4 Å². The van der Waals surface area contributed by atoms with E-state index >= 15 is 0 Å². The Hall–Kier alpha value is -1.26. The molecule has 20 heavy (non-hydrogen) atoms. The van der Waals surface area contributed by atoms with Crippen molar-refractivity contribution in [2.45, 2.75) is 26.2 Å². The number of ether oxygens (including phenoxy) is 3. The molecule has 0 bridgehead atoms. The molecule has 0 aromatic heterocycles. The summed E-state index contributed by atoms with van der Waals surface area (Å²) in [6.45, 7) is 5.34. The van der Waals surface area contributed by atoms with Gasteiger partial charge in [0.15, 0.2) is 0 Å². The molecular weight excluding hydrogens is 280 g/mol. The van der Waals surface area contributed by atoms with Crippen molar-refractivity contribution in [3.8, 4) is 5.75 Å². The van der Waals surface area contributed by atoms with Gasteiger partial charge in [-0.3, -0.25) is 0 Å². The number of halogens is 1. The van der Waals surface area contributed by atoms with Crippen molar-refractivity contribution in [3.05, 3.63) is 28.3 Å². The summed E-state index contributed by atoms with van der Waals surface area (Å²) in [5.74, 6) is 0.290. The zero-order chi connectivity index (χ0) is 15.1. The lowest BCUT2D eigenvalue weighted by Crippen LogP contribution is -2.09. The van der Waals surface area contributed by atoms with E-state index in [1.165, 1.54) is 14.2 Å². The fourth-order valence-electron chi connectivity index (χ4n) is 2.19. The summed E-state index contributed by atoms with van der Waals surface area (Å²) in [4.78, 5) is 11.7.